The number of aromatic nitrogens is 2. The number of nitrogens with zero attached hydrogens (tertiary/aromatic N) is 4. The lowest BCUT2D eigenvalue weighted by Crippen LogP contribution is -2.46. The molecule has 4 rings (SSSR count). The molecule has 218 valence electrons. The minimum absolute atomic E-state index is 0.0264. The van der Waals surface area contributed by atoms with Crippen molar-refractivity contribution in [3.05, 3.63) is 35.5 Å². The van der Waals surface area contributed by atoms with Crippen molar-refractivity contribution in [1.82, 2.24) is 19.8 Å². The maximum absolute atomic E-state index is 13.9. The van der Waals surface area contributed by atoms with Gasteiger partial charge >= 0.3 is 6.18 Å². The Balaban J connectivity index is 1.60. The number of amides is 2. The van der Waals surface area contributed by atoms with Gasteiger partial charge in [-0.05, 0) is 63.4 Å². The van der Waals surface area contributed by atoms with E-state index in [1.165, 1.54) is 4.90 Å². The summed E-state index contributed by atoms with van der Waals surface area (Å²) in [6.07, 6.45) is 0.727. The second kappa shape index (κ2) is 12.8. The first-order chi connectivity index (χ1) is 19.0. The van der Waals surface area contributed by atoms with Gasteiger partial charge in [0.1, 0.15) is 18.0 Å². The third kappa shape index (κ3) is 7.60. The van der Waals surface area contributed by atoms with Crippen molar-refractivity contribution in [3.8, 4) is 0 Å². The van der Waals surface area contributed by atoms with E-state index in [9.17, 15) is 22.8 Å². The number of halogens is 3. The Hall–Kier alpha value is -3.45. The molecule has 1 aliphatic heterocycles. The Kier molecular flexibility index (Phi) is 9.46. The van der Waals surface area contributed by atoms with E-state index in [1.807, 2.05) is 31.1 Å². The van der Waals surface area contributed by atoms with Crippen LogP contribution in [0.4, 0.5) is 36.3 Å². The van der Waals surface area contributed by atoms with Crippen LogP contribution >= 0.6 is 0 Å². The van der Waals surface area contributed by atoms with Gasteiger partial charge in [-0.1, -0.05) is 12.5 Å². The van der Waals surface area contributed by atoms with Gasteiger partial charge in [0, 0.05) is 38.3 Å². The maximum Gasteiger partial charge on any atom is 0.421 e. The first-order valence-electron chi connectivity index (χ1n) is 13.5. The molecule has 2 heterocycles. The maximum atomic E-state index is 13.9. The Morgan fingerprint density at radius 2 is 1.93 bits per heavy atom. The molecule has 1 saturated heterocycles. The Morgan fingerprint density at radius 1 is 1.15 bits per heavy atom. The van der Waals surface area contributed by atoms with Gasteiger partial charge in [-0.25, -0.2) is 4.98 Å². The first kappa shape index (κ1) is 29.5. The molecule has 10 nitrogen and oxygen atoms in total. The fourth-order valence-corrected chi connectivity index (χ4v) is 4.79. The van der Waals surface area contributed by atoms with Crippen molar-refractivity contribution in [2.45, 2.75) is 56.7 Å². The third-order valence-corrected chi connectivity index (χ3v) is 7.27. The van der Waals surface area contributed by atoms with Crippen LogP contribution in [-0.4, -0.2) is 83.1 Å². The molecule has 1 aromatic carbocycles. The molecule has 1 saturated carbocycles. The van der Waals surface area contributed by atoms with E-state index in [0.29, 0.717) is 37.5 Å². The number of hydrogen-bond donors (Lipinski definition) is 4. The fraction of sp³-hybridized carbons (Fsp3) is 0.556. The molecule has 0 bridgehead atoms. The van der Waals surface area contributed by atoms with Crippen molar-refractivity contribution in [3.63, 3.8) is 0 Å². The van der Waals surface area contributed by atoms with Gasteiger partial charge in [0.2, 0.25) is 17.8 Å². The second-order valence-electron chi connectivity index (χ2n) is 10.6. The van der Waals surface area contributed by atoms with Crippen molar-refractivity contribution < 1.29 is 27.9 Å². The standard InChI is InChI=1S/C27H36F3N7O3/c1-36(2)12-10-23(39)33-22-13-18(17-5-3-6-17)8-9-21(22)34-25-20(27(28,29)30)14-31-26(35-25)32-19-7-4-11-37(15-19)24(40)16-38/h8-9,13-14,17,19,38H,3-7,10-12,15-16H2,1-2H3,(H,33,39)(H2,31,32,34,35)/t19-/m0/s1. The monoisotopic (exact) mass is 563 g/mol. The number of rotatable bonds is 10. The van der Waals surface area contributed by atoms with Gasteiger partial charge in [-0.2, -0.15) is 18.2 Å². The van der Waals surface area contributed by atoms with Gasteiger partial charge in [-0.15, -0.1) is 0 Å². The summed E-state index contributed by atoms with van der Waals surface area (Å²) in [4.78, 5) is 36.0. The summed E-state index contributed by atoms with van der Waals surface area (Å²) in [6, 6.07) is 5.07. The van der Waals surface area contributed by atoms with Gasteiger partial charge in [0.15, 0.2) is 0 Å². The largest absolute Gasteiger partial charge is 0.421 e. The lowest BCUT2D eigenvalue weighted by atomic mass is 9.80. The number of piperidine rings is 1. The second-order valence-corrected chi connectivity index (χ2v) is 10.6. The fourth-order valence-electron chi connectivity index (χ4n) is 4.79. The highest BCUT2D eigenvalue weighted by atomic mass is 19.4. The molecule has 1 atom stereocenters. The van der Waals surface area contributed by atoms with Crippen LogP contribution in [0.15, 0.2) is 24.4 Å². The van der Waals surface area contributed by atoms with Crippen molar-refractivity contribution in [1.29, 1.82) is 0 Å². The van der Waals surface area contributed by atoms with E-state index in [0.717, 1.165) is 31.0 Å². The van der Waals surface area contributed by atoms with E-state index in [2.05, 4.69) is 25.9 Å². The summed E-state index contributed by atoms with van der Waals surface area (Å²) < 4.78 is 41.8. The first-order valence-corrected chi connectivity index (χ1v) is 13.5. The van der Waals surface area contributed by atoms with E-state index in [1.54, 1.807) is 6.07 Å². The molecule has 40 heavy (non-hydrogen) atoms. The van der Waals surface area contributed by atoms with Crippen LogP contribution in [0, 0.1) is 0 Å². The summed E-state index contributed by atoms with van der Waals surface area (Å²) in [5, 5.41) is 17.9. The van der Waals surface area contributed by atoms with Crippen LogP contribution in [0.2, 0.25) is 0 Å². The topological polar surface area (TPSA) is 123 Å². The SMILES string of the molecule is CN(C)CCC(=O)Nc1cc(C2CCC2)ccc1Nc1nc(N[C@H]2CCCN(C(=O)CO)C2)ncc1C(F)(F)F. The number of hydrogen-bond acceptors (Lipinski definition) is 8. The molecule has 13 heteroatoms. The highest BCUT2D eigenvalue weighted by Crippen LogP contribution is 2.40. The van der Waals surface area contributed by atoms with Gasteiger partial charge in [-0.3, -0.25) is 9.59 Å². The van der Waals surface area contributed by atoms with E-state index >= 15 is 0 Å². The molecule has 2 aliphatic rings. The van der Waals surface area contributed by atoms with Crippen LogP contribution < -0.4 is 16.0 Å². The summed E-state index contributed by atoms with van der Waals surface area (Å²) in [5.41, 5.74) is 0.653. The van der Waals surface area contributed by atoms with Crippen LogP contribution in [-0.2, 0) is 15.8 Å². The molecular formula is C27H36F3N7O3. The van der Waals surface area contributed by atoms with E-state index in [4.69, 9.17) is 5.11 Å². The molecule has 0 unspecified atom stereocenters. The van der Waals surface area contributed by atoms with Crippen LogP contribution in [0.25, 0.3) is 0 Å². The number of alkyl halides is 3. The molecule has 0 spiro atoms. The minimum Gasteiger partial charge on any atom is -0.387 e. The number of carbonyl (C=O) groups excluding carboxylic acids is 2. The predicted molar refractivity (Wildman–Crippen MR) is 145 cm³/mol. The average Bonchev–Trinajstić information content (AvgIpc) is 2.87. The normalized spacial score (nSPS) is 17.9. The molecule has 1 aromatic heterocycles. The van der Waals surface area contributed by atoms with Crippen molar-refractivity contribution >= 4 is 35.0 Å². The smallest absolute Gasteiger partial charge is 0.387 e. The average molecular weight is 564 g/mol. The Bertz CT molecular complexity index is 1200. The van der Waals surface area contributed by atoms with Crippen LogP contribution in [0.1, 0.15) is 55.6 Å². The van der Waals surface area contributed by atoms with Gasteiger partial charge < -0.3 is 30.9 Å². The summed E-state index contributed by atoms with van der Waals surface area (Å²) in [6.45, 7) is 0.695. The summed E-state index contributed by atoms with van der Waals surface area (Å²) in [7, 11) is 3.71. The lowest BCUT2D eigenvalue weighted by molar-refractivity contribution is -0.137. The number of nitrogens with one attached hydrogen (secondary N) is 3. The lowest BCUT2D eigenvalue weighted by Gasteiger charge is -2.32. The van der Waals surface area contributed by atoms with Crippen LogP contribution in [0.5, 0.6) is 0 Å². The van der Waals surface area contributed by atoms with Crippen LogP contribution in [0.3, 0.4) is 0 Å². The number of benzene rings is 1. The van der Waals surface area contributed by atoms with Crippen molar-refractivity contribution in [2.75, 3.05) is 56.3 Å². The zero-order valence-corrected chi connectivity index (χ0v) is 22.7. The molecule has 1 aliphatic carbocycles. The molecule has 0 radical (unpaired) electrons. The molecule has 4 N–H and O–H groups in total. The molecule has 2 aromatic rings. The number of likely N-dealkylation sites (tertiary alicyclic amines) is 1. The minimum atomic E-state index is -4.73. The number of aliphatic hydroxyl groups excluding tert-OH is 1. The van der Waals surface area contributed by atoms with Gasteiger partial charge in [0.25, 0.3) is 0 Å². The van der Waals surface area contributed by atoms with E-state index < -0.39 is 30.1 Å². The molecule has 2 amide bonds. The highest BCUT2D eigenvalue weighted by molar-refractivity contribution is 5.95. The summed E-state index contributed by atoms with van der Waals surface area (Å²) >= 11 is 0. The van der Waals surface area contributed by atoms with E-state index in [-0.39, 0.29) is 36.6 Å². The van der Waals surface area contributed by atoms with Gasteiger partial charge in [0.05, 0.1) is 11.4 Å². The highest BCUT2D eigenvalue weighted by Gasteiger charge is 2.36. The number of anilines is 4. The molecular weight excluding hydrogens is 527 g/mol. The number of carbonyl (C=O) groups is 2. The number of aliphatic hydroxyl groups is 1. The zero-order chi connectivity index (χ0) is 28.9. The quantitative estimate of drug-likeness (QED) is 0.345. The molecule has 2 fully saturated rings. The Labute approximate surface area is 231 Å². The predicted octanol–water partition coefficient (Wildman–Crippen LogP) is 3.79. The Morgan fingerprint density at radius 3 is 2.58 bits per heavy atom. The zero-order valence-electron chi connectivity index (χ0n) is 22.7. The van der Waals surface area contributed by atoms with Crippen molar-refractivity contribution in [2.24, 2.45) is 0 Å². The summed E-state index contributed by atoms with van der Waals surface area (Å²) in [5.74, 6) is -0.777. The third-order valence-electron chi connectivity index (χ3n) is 7.27.